The normalized spacial score (nSPS) is 10.8. The maximum atomic E-state index is 11.9. The van der Waals surface area contributed by atoms with E-state index in [2.05, 4.69) is 15.3 Å². The van der Waals surface area contributed by atoms with Gasteiger partial charge in [0.2, 0.25) is 5.91 Å². The number of pyridine rings is 1. The van der Waals surface area contributed by atoms with Crippen LogP contribution in [0.15, 0.2) is 60.2 Å². The third kappa shape index (κ3) is 4.58. The number of rotatable bonds is 6. The van der Waals surface area contributed by atoms with Gasteiger partial charge in [0.25, 0.3) is 5.69 Å². The Kier molecular flexibility index (Phi) is 5.45. The van der Waals surface area contributed by atoms with E-state index in [9.17, 15) is 14.9 Å². The van der Waals surface area contributed by atoms with Crippen LogP contribution in [-0.4, -0.2) is 20.8 Å². The standard InChI is InChI=1S/C18H14N4O3S/c23-17(7-6-13-3-1-5-16(9-13)22(24)25)20-11-15-12-26-18(21-15)14-4-2-8-19-10-14/h1-10,12H,11H2,(H,20,23)/b7-6+. The van der Waals surface area contributed by atoms with Gasteiger partial charge in [-0.05, 0) is 23.8 Å². The lowest BCUT2D eigenvalue weighted by molar-refractivity contribution is -0.384. The van der Waals surface area contributed by atoms with Crippen LogP contribution in [-0.2, 0) is 11.3 Å². The zero-order valence-corrected chi connectivity index (χ0v) is 14.3. The fourth-order valence-electron chi connectivity index (χ4n) is 2.16. The van der Waals surface area contributed by atoms with Gasteiger partial charge >= 0.3 is 0 Å². The van der Waals surface area contributed by atoms with Crippen LogP contribution in [0.1, 0.15) is 11.3 Å². The van der Waals surface area contributed by atoms with Crippen LogP contribution in [0.4, 0.5) is 5.69 Å². The number of amides is 1. The summed E-state index contributed by atoms with van der Waals surface area (Å²) in [7, 11) is 0. The molecule has 0 bridgehead atoms. The number of benzene rings is 1. The number of nitro benzene ring substituents is 1. The first kappa shape index (κ1) is 17.4. The number of thiazole rings is 1. The summed E-state index contributed by atoms with van der Waals surface area (Å²) in [5, 5.41) is 16.2. The first-order valence-corrected chi connectivity index (χ1v) is 8.55. The number of aromatic nitrogens is 2. The summed E-state index contributed by atoms with van der Waals surface area (Å²) in [4.78, 5) is 30.7. The molecular weight excluding hydrogens is 352 g/mol. The molecule has 0 saturated carbocycles. The molecule has 26 heavy (non-hydrogen) atoms. The van der Waals surface area contributed by atoms with Crippen molar-refractivity contribution in [2.45, 2.75) is 6.54 Å². The van der Waals surface area contributed by atoms with Crippen LogP contribution in [0, 0.1) is 10.1 Å². The van der Waals surface area contributed by atoms with Crippen molar-refractivity contribution in [2.24, 2.45) is 0 Å². The largest absolute Gasteiger partial charge is 0.347 e. The third-order valence-corrected chi connectivity index (χ3v) is 4.35. The molecule has 0 unspecified atom stereocenters. The van der Waals surface area contributed by atoms with Gasteiger partial charge in [-0.3, -0.25) is 19.9 Å². The number of hydrogen-bond acceptors (Lipinski definition) is 6. The maximum Gasteiger partial charge on any atom is 0.270 e. The summed E-state index contributed by atoms with van der Waals surface area (Å²) in [6.45, 7) is 0.300. The molecule has 8 heteroatoms. The van der Waals surface area contributed by atoms with E-state index in [1.807, 2.05) is 17.5 Å². The highest BCUT2D eigenvalue weighted by Gasteiger charge is 2.06. The van der Waals surface area contributed by atoms with Crippen LogP contribution >= 0.6 is 11.3 Å². The number of carbonyl (C=O) groups excluding carboxylic acids is 1. The molecule has 0 spiro atoms. The number of hydrogen-bond donors (Lipinski definition) is 1. The van der Waals surface area contributed by atoms with E-state index in [0.29, 0.717) is 12.1 Å². The molecule has 1 N–H and O–H groups in total. The first-order valence-electron chi connectivity index (χ1n) is 7.67. The minimum Gasteiger partial charge on any atom is -0.347 e. The number of carbonyl (C=O) groups is 1. The van der Waals surface area contributed by atoms with Crippen LogP contribution in [0.5, 0.6) is 0 Å². The van der Waals surface area contributed by atoms with Gasteiger partial charge < -0.3 is 5.32 Å². The van der Waals surface area contributed by atoms with Gasteiger partial charge in [-0.2, -0.15) is 0 Å². The van der Waals surface area contributed by atoms with Crippen LogP contribution in [0.3, 0.4) is 0 Å². The molecule has 1 aromatic carbocycles. The van der Waals surface area contributed by atoms with Gasteiger partial charge in [0, 0.05) is 41.5 Å². The van der Waals surface area contributed by atoms with E-state index in [1.54, 1.807) is 24.5 Å². The average Bonchev–Trinajstić information content (AvgIpc) is 3.15. The van der Waals surface area contributed by atoms with Gasteiger partial charge in [0.15, 0.2) is 0 Å². The molecule has 1 amide bonds. The molecule has 0 atom stereocenters. The molecule has 7 nitrogen and oxygen atoms in total. The number of non-ortho nitro benzene ring substituents is 1. The average molecular weight is 366 g/mol. The molecule has 3 aromatic rings. The Balaban J connectivity index is 1.57. The number of nitrogens with one attached hydrogen (secondary N) is 1. The van der Waals surface area contributed by atoms with E-state index in [-0.39, 0.29) is 11.6 Å². The topological polar surface area (TPSA) is 98.0 Å². The lowest BCUT2D eigenvalue weighted by Gasteiger charge is -1.99. The number of nitrogens with zero attached hydrogens (tertiary/aromatic N) is 3. The predicted octanol–water partition coefficient (Wildman–Crippen LogP) is 3.44. The Morgan fingerprint density at radius 2 is 2.19 bits per heavy atom. The predicted molar refractivity (Wildman–Crippen MR) is 99.3 cm³/mol. The maximum absolute atomic E-state index is 11.9. The SMILES string of the molecule is O=C(/C=C/c1cccc([N+](=O)[O-])c1)NCc1csc(-c2cccnc2)n1. The van der Waals surface area contributed by atoms with Gasteiger partial charge in [0.1, 0.15) is 5.01 Å². The van der Waals surface area contributed by atoms with Gasteiger partial charge in [-0.15, -0.1) is 11.3 Å². The first-order chi connectivity index (χ1) is 12.6. The Morgan fingerprint density at radius 1 is 1.31 bits per heavy atom. The smallest absolute Gasteiger partial charge is 0.270 e. The summed E-state index contributed by atoms with van der Waals surface area (Å²) in [5.74, 6) is -0.299. The fraction of sp³-hybridized carbons (Fsp3) is 0.0556. The molecule has 0 aliphatic rings. The van der Waals surface area contributed by atoms with E-state index >= 15 is 0 Å². The van der Waals surface area contributed by atoms with Crippen molar-refractivity contribution in [2.75, 3.05) is 0 Å². The van der Waals surface area contributed by atoms with Crippen LogP contribution in [0.2, 0.25) is 0 Å². The highest BCUT2D eigenvalue weighted by atomic mass is 32.1. The third-order valence-electron chi connectivity index (χ3n) is 3.41. The Labute approximate surface area is 153 Å². The summed E-state index contributed by atoms with van der Waals surface area (Å²) in [6.07, 6.45) is 6.31. The Bertz CT molecular complexity index is 954. The molecule has 2 heterocycles. The summed E-state index contributed by atoms with van der Waals surface area (Å²) in [5.41, 5.74) is 2.26. The second kappa shape index (κ2) is 8.13. The highest BCUT2D eigenvalue weighted by molar-refractivity contribution is 7.13. The van der Waals surface area contributed by atoms with Crippen molar-refractivity contribution >= 4 is 29.0 Å². The molecule has 0 saturated heterocycles. The lowest BCUT2D eigenvalue weighted by atomic mass is 10.2. The molecule has 0 aliphatic carbocycles. The van der Waals surface area contributed by atoms with Crippen molar-refractivity contribution in [1.29, 1.82) is 0 Å². The van der Waals surface area contributed by atoms with Crippen molar-refractivity contribution in [3.63, 3.8) is 0 Å². The molecule has 2 aromatic heterocycles. The summed E-state index contributed by atoms with van der Waals surface area (Å²) < 4.78 is 0. The van der Waals surface area contributed by atoms with Crippen molar-refractivity contribution in [3.05, 3.63) is 81.6 Å². The van der Waals surface area contributed by atoms with E-state index in [4.69, 9.17) is 0 Å². The number of nitro groups is 1. The quantitative estimate of drug-likeness (QED) is 0.409. The molecule has 3 rings (SSSR count). The molecule has 0 fully saturated rings. The Morgan fingerprint density at radius 3 is 2.96 bits per heavy atom. The molecule has 130 valence electrons. The van der Waals surface area contributed by atoms with Crippen molar-refractivity contribution in [1.82, 2.24) is 15.3 Å². The van der Waals surface area contributed by atoms with Crippen molar-refractivity contribution < 1.29 is 9.72 Å². The molecular formula is C18H14N4O3S. The molecule has 0 radical (unpaired) electrons. The van der Waals surface area contributed by atoms with Crippen molar-refractivity contribution in [3.8, 4) is 10.6 Å². The monoisotopic (exact) mass is 366 g/mol. The van der Waals surface area contributed by atoms with Crippen LogP contribution < -0.4 is 5.32 Å². The highest BCUT2D eigenvalue weighted by Crippen LogP contribution is 2.22. The second-order valence-electron chi connectivity index (χ2n) is 5.29. The lowest BCUT2D eigenvalue weighted by Crippen LogP contribution is -2.20. The minimum absolute atomic E-state index is 0.0158. The summed E-state index contributed by atoms with van der Waals surface area (Å²) in [6, 6.07) is 9.85. The fourth-order valence-corrected chi connectivity index (χ4v) is 2.97. The zero-order chi connectivity index (χ0) is 18.4. The van der Waals surface area contributed by atoms with E-state index < -0.39 is 4.92 Å². The zero-order valence-electron chi connectivity index (χ0n) is 13.5. The molecule has 0 aliphatic heterocycles. The van der Waals surface area contributed by atoms with Gasteiger partial charge in [-0.1, -0.05) is 12.1 Å². The van der Waals surface area contributed by atoms with Crippen LogP contribution in [0.25, 0.3) is 16.6 Å². The van der Waals surface area contributed by atoms with Gasteiger partial charge in [-0.25, -0.2) is 4.98 Å². The Hall–Kier alpha value is -3.39. The van der Waals surface area contributed by atoms with E-state index in [0.717, 1.165) is 16.3 Å². The minimum atomic E-state index is -0.473. The second-order valence-corrected chi connectivity index (χ2v) is 6.15. The van der Waals surface area contributed by atoms with E-state index in [1.165, 1.54) is 35.6 Å². The van der Waals surface area contributed by atoms with Gasteiger partial charge in [0.05, 0.1) is 17.2 Å². The summed E-state index contributed by atoms with van der Waals surface area (Å²) >= 11 is 1.48.